The van der Waals surface area contributed by atoms with Gasteiger partial charge in [-0.1, -0.05) is 18.2 Å². The lowest BCUT2D eigenvalue weighted by atomic mass is 10.0. The summed E-state index contributed by atoms with van der Waals surface area (Å²) >= 11 is 1.20. The molecule has 1 saturated heterocycles. The van der Waals surface area contributed by atoms with Gasteiger partial charge in [-0.05, 0) is 59.1 Å². The van der Waals surface area contributed by atoms with Crippen molar-refractivity contribution in [1.29, 1.82) is 0 Å². The molecule has 42 heavy (non-hydrogen) atoms. The van der Waals surface area contributed by atoms with Crippen LogP contribution in [0.15, 0.2) is 50.7 Å². The van der Waals surface area contributed by atoms with Crippen LogP contribution in [0.5, 0.6) is 5.75 Å². The molecule has 0 unspecified atom stereocenters. The van der Waals surface area contributed by atoms with Crippen molar-refractivity contribution in [1.82, 2.24) is 14.1 Å². The third-order valence-electron chi connectivity index (χ3n) is 7.42. The number of aryl methyl sites for hydroxylation is 1. The Morgan fingerprint density at radius 1 is 1.21 bits per heavy atom. The maximum Gasteiger partial charge on any atom is 0.333 e. The molecule has 1 N–H and O–H groups in total. The minimum atomic E-state index is -1.82. The van der Waals surface area contributed by atoms with E-state index >= 15 is 0 Å². The monoisotopic (exact) mass is 597 g/mol. The van der Waals surface area contributed by atoms with Crippen molar-refractivity contribution in [2.45, 2.75) is 77.9 Å². The molecule has 4 aromatic rings. The van der Waals surface area contributed by atoms with Crippen LogP contribution in [0.4, 0.5) is 0 Å². The standard InChI is InChI=1S/C30H35N3O8S/c1-17(2)40-21-9-7-6-8-20(21)22(41-19-10-13-38-14-11-19)16-32-27-23(18(3)24(42-27)25-31-12-15-39-25)26(34)33(29(32)37)30(4,5)28(35)36/h6-9,12,15,17,19,22H,10-11,13-14,16H2,1-5H3,(H,35,36)/t22-/m0/s1. The molecule has 0 radical (unpaired) electrons. The number of carboxylic acid groups (broad SMARTS) is 1. The SMILES string of the molecule is Cc1c(-c2ncco2)sc2c1c(=O)n(C(C)(C)C(=O)O)c(=O)n2C[C@H](OC1CCOCC1)c1ccccc1OC(C)C. The van der Waals surface area contributed by atoms with E-state index in [2.05, 4.69) is 4.98 Å². The first-order valence-electron chi connectivity index (χ1n) is 13.9. The molecule has 1 fully saturated rings. The van der Waals surface area contributed by atoms with Crippen molar-refractivity contribution in [2.75, 3.05) is 13.2 Å². The Labute approximate surface area is 246 Å². The molecule has 12 heteroatoms. The van der Waals surface area contributed by atoms with E-state index in [1.54, 1.807) is 6.92 Å². The van der Waals surface area contributed by atoms with Crippen LogP contribution < -0.4 is 16.0 Å². The Morgan fingerprint density at radius 3 is 2.57 bits per heavy atom. The molecule has 0 aliphatic carbocycles. The topological polar surface area (TPSA) is 135 Å². The Morgan fingerprint density at radius 2 is 1.93 bits per heavy atom. The Kier molecular flexibility index (Phi) is 8.40. The van der Waals surface area contributed by atoms with E-state index < -0.39 is 28.9 Å². The number of nitrogens with zero attached hydrogens (tertiary/aromatic N) is 3. The Balaban J connectivity index is 1.75. The van der Waals surface area contributed by atoms with Gasteiger partial charge < -0.3 is 23.7 Å². The fourth-order valence-corrected chi connectivity index (χ4v) is 6.41. The summed E-state index contributed by atoms with van der Waals surface area (Å²) in [6.07, 6.45) is 3.42. The highest BCUT2D eigenvalue weighted by molar-refractivity contribution is 7.22. The van der Waals surface area contributed by atoms with Crippen LogP contribution in [0.3, 0.4) is 0 Å². The fourth-order valence-electron chi connectivity index (χ4n) is 5.17. The largest absolute Gasteiger partial charge is 0.491 e. The normalized spacial score (nSPS) is 15.4. The van der Waals surface area contributed by atoms with Crippen LogP contribution in [0.1, 0.15) is 57.8 Å². The maximum absolute atomic E-state index is 14.2. The number of benzene rings is 1. The summed E-state index contributed by atoms with van der Waals surface area (Å²) in [4.78, 5) is 45.6. The number of thiophene rings is 1. The predicted molar refractivity (Wildman–Crippen MR) is 157 cm³/mol. The van der Waals surface area contributed by atoms with E-state index in [1.807, 2.05) is 38.1 Å². The molecule has 4 heterocycles. The van der Waals surface area contributed by atoms with Crippen molar-refractivity contribution < 1.29 is 28.5 Å². The van der Waals surface area contributed by atoms with Crippen molar-refractivity contribution >= 4 is 27.5 Å². The van der Waals surface area contributed by atoms with Gasteiger partial charge in [0.15, 0.2) is 0 Å². The number of carbonyl (C=O) groups is 1. The first kappa shape index (κ1) is 29.7. The number of oxazole rings is 1. The number of para-hydroxylation sites is 1. The molecule has 1 aromatic carbocycles. The quantitative estimate of drug-likeness (QED) is 0.275. The number of aliphatic carboxylic acids is 1. The summed E-state index contributed by atoms with van der Waals surface area (Å²) in [7, 11) is 0. The molecule has 0 bridgehead atoms. The van der Waals surface area contributed by atoms with Crippen molar-refractivity contribution in [2.24, 2.45) is 0 Å². The van der Waals surface area contributed by atoms with Gasteiger partial charge in [-0.25, -0.2) is 19.1 Å². The van der Waals surface area contributed by atoms with Crippen molar-refractivity contribution in [3.05, 3.63) is 68.7 Å². The summed E-state index contributed by atoms with van der Waals surface area (Å²) in [6.45, 7) is 9.42. The van der Waals surface area contributed by atoms with Gasteiger partial charge >= 0.3 is 11.7 Å². The smallest absolute Gasteiger partial charge is 0.333 e. The number of aromatic nitrogens is 3. The third-order valence-corrected chi connectivity index (χ3v) is 8.73. The van der Waals surface area contributed by atoms with E-state index in [1.165, 1.54) is 42.2 Å². The Hall–Kier alpha value is -3.74. The molecular weight excluding hydrogens is 562 g/mol. The van der Waals surface area contributed by atoms with E-state index in [4.69, 9.17) is 18.6 Å². The van der Waals surface area contributed by atoms with E-state index in [-0.39, 0.29) is 24.1 Å². The van der Waals surface area contributed by atoms with Gasteiger partial charge in [0.2, 0.25) is 5.89 Å². The van der Waals surface area contributed by atoms with Crippen LogP contribution in [-0.2, 0) is 26.4 Å². The highest BCUT2D eigenvalue weighted by Gasteiger charge is 2.36. The number of ether oxygens (including phenoxy) is 3. The summed E-state index contributed by atoms with van der Waals surface area (Å²) in [5, 5.41) is 10.3. The van der Waals surface area contributed by atoms with Crippen LogP contribution >= 0.6 is 11.3 Å². The summed E-state index contributed by atoms with van der Waals surface area (Å²) < 4.78 is 26.1. The zero-order valence-electron chi connectivity index (χ0n) is 24.3. The van der Waals surface area contributed by atoms with Gasteiger partial charge in [-0.15, -0.1) is 11.3 Å². The van der Waals surface area contributed by atoms with Gasteiger partial charge in [-0.2, -0.15) is 0 Å². The summed E-state index contributed by atoms with van der Waals surface area (Å²) in [6, 6.07) is 7.51. The van der Waals surface area contributed by atoms with Crippen LogP contribution in [0, 0.1) is 6.92 Å². The average Bonchev–Trinajstić information content (AvgIpc) is 3.59. The Bertz CT molecular complexity index is 1690. The molecule has 0 spiro atoms. The molecule has 224 valence electrons. The third kappa shape index (κ3) is 5.53. The van der Waals surface area contributed by atoms with Crippen LogP contribution in [-0.4, -0.2) is 50.6 Å². The fraction of sp³-hybridized carbons (Fsp3) is 0.467. The highest BCUT2D eigenvalue weighted by atomic mass is 32.1. The molecule has 5 rings (SSSR count). The molecule has 0 amide bonds. The molecule has 1 aliphatic heterocycles. The average molecular weight is 598 g/mol. The van der Waals surface area contributed by atoms with Crippen LogP contribution in [0.2, 0.25) is 0 Å². The van der Waals surface area contributed by atoms with Crippen molar-refractivity contribution in [3.8, 4) is 16.5 Å². The van der Waals surface area contributed by atoms with Crippen LogP contribution in [0.25, 0.3) is 21.0 Å². The number of fused-ring (bicyclic) bond motifs is 1. The van der Waals surface area contributed by atoms with E-state index in [0.29, 0.717) is 53.0 Å². The number of rotatable bonds is 10. The summed E-state index contributed by atoms with van der Waals surface area (Å²) in [5.41, 5.74) is -1.96. The number of hydrogen-bond acceptors (Lipinski definition) is 9. The number of carboxylic acids is 1. The number of hydrogen-bond donors (Lipinski definition) is 1. The first-order valence-corrected chi connectivity index (χ1v) is 14.7. The minimum absolute atomic E-state index is 0.00607. The van der Waals surface area contributed by atoms with Gasteiger partial charge in [-0.3, -0.25) is 9.36 Å². The molecule has 1 atom stereocenters. The molecule has 11 nitrogen and oxygen atoms in total. The molecule has 3 aromatic heterocycles. The first-order chi connectivity index (χ1) is 20.0. The lowest BCUT2D eigenvalue weighted by Crippen LogP contribution is -2.52. The van der Waals surface area contributed by atoms with Gasteiger partial charge in [0.05, 0.1) is 35.2 Å². The lowest BCUT2D eigenvalue weighted by Gasteiger charge is -2.30. The van der Waals surface area contributed by atoms with Gasteiger partial charge in [0, 0.05) is 18.8 Å². The zero-order chi connectivity index (χ0) is 30.2. The van der Waals surface area contributed by atoms with Crippen molar-refractivity contribution in [3.63, 3.8) is 0 Å². The predicted octanol–water partition coefficient (Wildman–Crippen LogP) is 4.73. The second-order valence-corrected chi connectivity index (χ2v) is 12.1. The molecule has 0 saturated carbocycles. The highest BCUT2D eigenvalue weighted by Crippen LogP contribution is 2.38. The van der Waals surface area contributed by atoms with E-state index in [9.17, 15) is 19.5 Å². The second-order valence-electron chi connectivity index (χ2n) is 11.1. The second kappa shape index (κ2) is 11.9. The van der Waals surface area contributed by atoms with Gasteiger partial charge in [0.25, 0.3) is 5.56 Å². The zero-order valence-corrected chi connectivity index (χ0v) is 25.1. The van der Waals surface area contributed by atoms with E-state index in [0.717, 1.165) is 10.1 Å². The molecule has 1 aliphatic rings. The lowest BCUT2D eigenvalue weighted by molar-refractivity contribution is -0.146. The maximum atomic E-state index is 14.2. The van der Waals surface area contributed by atoms with Gasteiger partial charge in [0.1, 0.15) is 28.5 Å². The summed E-state index contributed by atoms with van der Waals surface area (Å²) in [5.74, 6) is -0.378. The molecular formula is C30H35N3O8S. The minimum Gasteiger partial charge on any atom is -0.491 e.